The van der Waals surface area contributed by atoms with Crippen LogP contribution in [0, 0.1) is 0 Å². The topological polar surface area (TPSA) is 17.0 Å². The minimum atomic E-state index is 0.754. The molecule has 0 radical (unpaired) electrons. The zero-order chi connectivity index (χ0) is 13.9. The second kappa shape index (κ2) is 5.90. The highest BCUT2D eigenvalue weighted by atomic mass is 79.9. The zero-order valence-corrected chi connectivity index (χ0v) is 13.2. The molecule has 0 aliphatic rings. The summed E-state index contributed by atoms with van der Waals surface area (Å²) in [7, 11) is 0. The van der Waals surface area contributed by atoms with Crippen molar-refractivity contribution in [3.8, 4) is 0 Å². The minimum absolute atomic E-state index is 0.754. The van der Waals surface area contributed by atoms with E-state index in [9.17, 15) is 0 Å². The number of hydrogen-bond acceptors (Lipinski definition) is 1. The maximum absolute atomic E-state index is 5.97. The number of nitrogens with zero attached hydrogens (tertiary/aromatic N) is 1. The molecule has 0 aliphatic carbocycles. The third kappa shape index (κ3) is 2.84. The molecule has 2 nitrogen and oxygen atoms in total. The van der Waals surface area contributed by atoms with Crippen LogP contribution in [-0.2, 0) is 6.54 Å². The number of benzene rings is 2. The Morgan fingerprint density at radius 2 is 1.95 bits per heavy atom. The van der Waals surface area contributed by atoms with Crippen molar-refractivity contribution < 1.29 is 0 Å². The summed E-state index contributed by atoms with van der Waals surface area (Å²) >= 11 is 9.58. The highest BCUT2D eigenvalue weighted by molar-refractivity contribution is 9.10. The normalized spacial score (nSPS) is 10.9. The van der Waals surface area contributed by atoms with Crippen LogP contribution in [0.1, 0.15) is 0 Å². The molecule has 0 saturated heterocycles. The lowest BCUT2D eigenvalue weighted by molar-refractivity contribution is 0.756. The van der Waals surface area contributed by atoms with Gasteiger partial charge in [0.05, 0.1) is 0 Å². The minimum Gasteiger partial charge on any atom is -0.383 e. The molecule has 0 unspecified atom stereocenters. The van der Waals surface area contributed by atoms with Gasteiger partial charge in [0.25, 0.3) is 0 Å². The first-order valence-corrected chi connectivity index (χ1v) is 7.64. The van der Waals surface area contributed by atoms with Gasteiger partial charge >= 0.3 is 0 Å². The number of halogens is 2. The first-order valence-electron chi connectivity index (χ1n) is 6.47. The number of fused-ring (bicyclic) bond motifs is 1. The molecule has 4 heteroatoms. The van der Waals surface area contributed by atoms with Crippen molar-refractivity contribution in [2.45, 2.75) is 6.54 Å². The fourth-order valence-electron chi connectivity index (χ4n) is 2.31. The van der Waals surface area contributed by atoms with Crippen LogP contribution in [-0.4, -0.2) is 11.1 Å². The Labute approximate surface area is 131 Å². The molecule has 0 atom stereocenters. The molecule has 20 heavy (non-hydrogen) atoms. The number of hydrogen-bond donors (Lipinski definition) is 1. The molecular weight excluding hydrogens is 336 g/mol. The van der Waals surface area contributed by atoms with Gasteiger partial charge in [-0.05, 0) is 40.2 Å². The average Bonchev–Trinajstić information content (AvgIpc) is 2.77. The Balaban J connectivity index is 1.71. The lowest BCUT2D eigenvalue weighted by atomic mass is 10.2. The molecule has 2 aromatic carbocycles. The van der Waals surface area contributed by atoms with Crippen molar-refractivity contribution >= 4 is 44.1 Å². The Bertz CT molecular complexity index is 736. The molecule has 1 aromatic heterocycles. The first-order chi connectivity index (χ1) is 9.74. The van der Waals surface area contributed by atoms with E-state index in [1.54, 1.807) is 0 Å². The molecular formula is C16H14BrClN2. The number of aromatic nitrogens is 1. The maximum atomic E-state index is 5.97. The van der Waals surface area contributed by atoms with Crippen LogP contribution in [0.2, 0.25) is 5.02 Å². The van der Waals surface area contributed by atoms with Gasteiger partial charge in [-0.25, -0.2) is 0 Å². The van der Waals surface area contributed by atoms with Crippen LogP contribution < -0.4 is 5.32 Å². The van der Waals surface area contributed by atoms with Gasteiger partial charge < -0.3 is 9.88 Å². The maximum Gasteiger partial charge on any atom is 0.0492 e. The highest BCUT2D eigenvalue weighted by Crippen LogP contribution is 2.25. The van der Waals surface area contributed by atoms with E-state index in [2.05, 4.69) is 56.3 Å². The lowest BCUT2D eigenvalue weighted by Gasteiger charge is -2.08. The van der Waals surface area contributed by atoms with E-state index in [4.69, 9.17) is 11.6 Å². The second-order valence-corrected chi connectivity index (χ2v) is 5.92. The molecule has 3 aromatic rings. The molecule has 0 spiro atoms. The fraction of sp³-hybridized carbons (Fsp3) is 0.125. The van der Waals surface area contributed by atoms with Crippen molar-refractivity contribution in [1.29, 1.82) is 0 Å². The van der Waals surface area contributed by atoms with Crippen LogP contribution in [0.4, 0.5) is 5.69 Å². The van der Waals surface area contributed by atoms with Crippen molar-refractivity contribution in [1.82, 2.24) is 4.57 Å². The summed E-state index contributed by atoms with van der Waals surface area (Å²) in [6, 6.07) is 16.2. The van der Waals surface area contributed by atoms with Gasteiger partial charge in [-0.2, -0.15) is 0 Å². The second-order valence-electron chi connectivity index (χ2n) is 4.62. The molecule has 1 heterocycles. The van der Waals surface area contributed by atoms with Gasteiger partial charge in [0.2, 0.25) is 0 Å². The van der Waals surface area contributed by atoms with E-state index in [0.29, 0.717) is 0 Å². The Hall–Kier alpha value is -1.45. The Kier molecular flexibility index (Phi) is 3.99. The SMILES string of the molecule is Clc1cccc(NCCn2cc(Br)c3ccccc32)c1. The van der Waals surface area contributed by atoms with E-state index in [0.717, 1.165) is 28.3 Å². The Morgan fingerprint density at radius 3 is 2.80 bits per heavy atom. The number of para-hydroxylation sites is 1. The van der Waals surface area contributed by atoms with Crippen LogP contribution in [0.15, 0.2) is 59.2 Å². The zero-order valence-electron chi connectivity index (χ0n) is 10.8. The van der Waals surface area contributed by atoms with Crippen molar-refractivity contribution in [3.63, 3.8) is 0 Å². The number of anilines is 1. The predicted octanol–water partition coefficient (Wildman–Crippen LogP) is 5.17. The average molecular weight is 350 g/mol. The van der Waals surface area contributed by atoms with E-state index in [-0.39, 0.29) is 0 Å². The van der Waals surface area contributed by atoms with Gasteiger partial charge in [-0.1, -0.05) is 35.9 Å². The summed E-state index contributed by atoms with van der Waals surface area (Å²) in [5.74, 6) is 0. The molecule has 0 amide bonds. The van der Waals surface area contributed by atoms with Gasteiger partial charge in [0.1, 0.15) is 0 Å². The predicted molar refractivity (Wildman–Crippen MR) is 89.6 cm³/mol. The van der Waals surface area contributed by atoms with E-state index in [1.807, 2.05) is 24.3 Å². The Morgan fingerprint density at radius 1 is 1.10 bits per heavy atom. The summed E-state index contributed by atoms with van der Waals surface area (Å²) in [5.41, 5.74) is 2.29. The third-order valence-electron chi connectivity index (χ3n) is 3.25. The highest BCUT2D eigenvalue weighted by Gasteiger charge is 2.04. The van der Waals surface area contributed by atoms with Gasteiger partial charge in [0.15, 0.2) is 0 Å². The summed E-state index contributed by atoms with van der Waals surface area (Å²) in [6.45, 7) is 1.75. The van der Waals surface area contributed by atoms with E-state index < -0.39 is 0 Å². The largest absolute Gasteiger partial charge is 0.383 e. The summed E-state index contributed by atoms with van der Waals surface area (Å²) in [4.78, 5) is 0. The van der Waals surface area contributed by atoms with Crippen LogP contribution in [0.5, 0.6) is 0 Å². The molecule has 102 valence electrons. The van der Waals surface area contributed by atoms with Gasteiger partial charge in [-0.3, -0.25) is 0 Å². The van der Waals surface area contributed by atoms with Gasteiger partial charge in [-0.15, -0.1) is 0 Å². The molecule has 0 bridgehead atoms. The van der Waals surface area contributed by atoms with Crippen LogP contribution in [0.25, 0.3) is 10.9 Å². The molecule has 1 N–H and O–H groups in total. The number of rotatable bonds is 4. The van der Waals surface area contributed by atoms with E-state index in [1.165, 1.54) is 10.9 Å². The molecule has 0 fully saturated rings. The summed E-state index contributed by atoms with van der Waals surface area (Å²) in [5, 5.41) is 5.39. The lowest BCUT2D eigenvalue weighted by Crippen LogP contribution is -2.09. The standard InChI is InChI=1S/C16H14BrClN2/c17-15-11-20(16-7-2-1-6-14(15)16)9-8-19-13-5-3-4-12(18)10-13/h1-7,10-11,19H,8-9H2. The van der Waals surface area contributed by atoms with Gasteiger partial charge in [0, 0.05) is 45.4 Å². The summed E-state index contributed by atoms with van der Waals surface area (Å²) < 4.78 is 3.38. The molecule has 3 rings (SSSR count). The van der Waals surface area contributed by atoms with E-state index >= 15 is 0 Å². The summed E-state index contributed by atoms with van der Waals surface area (Å²) in [6.07, 6.45) is 2.13. The number of nitrogens with one attached hydrogen (secondary N) is 1. The van der Waals surface area contributed by atoms with Crippen molar-refractivity contribution in [2.75, 3.05) is 11.9 Å². The van der Waals surface area contributed by atoms with Crippen LogP contribution >= 0.6 is 27.5 Å². The first kappa shape index (κ1) is 13.5. The van der Waals surface area contributed by atoms with Crippen LogP contribution in [0.3, 0.4) is 0 Å². The quantitative estimate of drug-likeness (QED) is 0.687. The van der Waals surface area contributed by atoms with Crippen molar-refractivity contribution in [2.24, 2.45) is 0 Å². The molecule has 0 saturated carbocycles. The third-order valence-corrected chi connectivity index (χ3v) is 4.11. The van der Waals surface area contributed by atoms with Crippen molar-refractivity contribution in [3.05, 3.63) is 64.2 Å². The monoisotopic (exact) mass is 348 g/mol. The smallest absolute Gasteiger partial charge is 0.0492 e. The fourth-order valence-corrected chi connectivity index (χ4v) is 3.08. The molecule has 0 aliphatic heterocycles.